The molecule has 0 aliphatic rings. The average molecular weight is 375 g/mol. The molecule has 1 N–H and O–H groups in total. The molecule has 0 aliphatic heterocycles. The number of rotatable bonds is 7. The number of para-hydroxylation sites is 1. The fraction of sp³-hybridized carbons (Fsp3) is 0.136. The van der Waals surface area contributed by atoms with Gasteiger partial charge in [-0.15, -0.1) is 0 Å². The van der Waals surface area contributed by atoms with E-state index in [-0.39, 0.29) is 18.0 Å². The molecule has 28 heavy (non-hydrogen) atoms. The molecule has 0 unspecified atom stereocenters. The summed E-state index contributed by atoms with van der Waals surface area (Å²) in [5.74, 6) is 0.302. The van der Waals surface area contributed by atoms with Crippen LogP contribution in [0.15, 0.2) is 88.9 Å². The molecular formula is C22H21N3O3. The van der Waals surface area contributed by atoms with Crippen LogP contribution in [-0.4, -0.2) is 16.2 Å². The number of pyridine rings is 1. The Kier molecular flexibility index (Phi) is 6.36. The van der Waals surface area contributed by atoms with Crippen molar-refractivity contribution < 1.29 is 9.53 Å². The summed E-state index contributed by atoms with van der Waals surface area (Å²) in [6, 6.07) is 22.1. The fourth-order valence-electron chi connectivity index (χ4n) is 2.61. The van der Waals surface area contributed by atoms with E-state index in [0.29, 0.717) is 18.1 Å². The van der Waals surface area contributed by atoms with Gasteiger partial charge in [-0.05, 0) is 30.7 Å². The highest BCUT2D eigenvalue weighted by molar-refractivity contribution is 6.01. The van der Waals surface area contributed by atoms with Gasteiger partial charge in [0.05, 0.1) is 5.71 Å². The molecule has 3 aromatic rings. The average Bonchev–Trinajstić information content (AvgIpc) is 2.73. The molecule has 3 rings (SSSR count). The number of nitrogens with zero attached hydrogens (tertiary/aromatic N) is 2. The van der Waals surface area contributed by atoms with E-state index in [4.69, 9.17) is 4.74 Å². The van der Waals surface area contributed by atoms with Gasteiger partial charge in [0.25, 0.3) is 11.5 Å². The zero-order valence-electron chi connectivity index (χ0n) is 15.5. The van der Waals surface area contributed by atoms with Gasteiger partial charge in [-0.3, -0.25) is 9.59 Å². The molecule has 0 saturated heterocycles. The summed E-state index contributed by atoms with van der Waals surface area (Å²) in [6.45, 7) is 2.14. The van der Waals surface area contributed by atoms with Crippen LogP contribution in [0.25, 0.3) is 0 Å². The third kappa shape index (κ3) is 5.17. The van der Waals surface area contributed by atoms with E-state index >= 15 is 0 Å². The minimum absolute atomic E-state index is 0.0946. The number of benzene rings is 2. The van der Waals surface area contributed by atoms with E-state index in [2.05, 4.69) is 10.5 Å². The van der Waals surface area contributed by atoms with Crippen LogP contribution >= 0.6 is 0 Å². The SMILES string of the molecule is C/C(=N/NC(=O)Cn1ccccc1=O)c1ccccc1OCc1ccccc1. The Balaban J connectivity index is 1.66. The Bertz CT molecular complexity index is 1030. The number of nitrogens with one attached hydrogen (secondary N) is 1. The fourth-order valence-corrected chi connectivity index (χ4v) is 2.61. The minimum Gasteiger partial charge on any atom is -0.488 e. The van der Waals surface area contributed by atoms with Crippen molar-refractivity contribution in [3.8, 4) is 5.75 Å². The van der Waals surface area contributed by atoms with Crippen LogP contribution in [-0.2, 0) is 17.9 Å². The molecular weight excluding hydrogens is 354 g/mol. The van der Waals surface area contributed by atoms with Gasteiger partial charge in [0.2, 0.25) is 0 Å². The van der Waals surface area contributed by atoms with E-state index in [1.54, 1.807) is 25.3 Å². The number of hydrogen-bond acceptors (Lipinski definition) is 4. The first-order valence-electron chi connectivity index (χ1n) is 8.88. The topological polar surface area (TPSA) is 72.7 Å². The Morgan fingerprint density at radius 2 is 1.71 bits per heavy atom. The van der Waals surface area contributed by atoms with Crippen molar-refractivity contribution >= 4 is 11.6 Å². The smallest absolute Gasteiger partial charge is 0.260 e. The molecule has 0 radical (unpaired) electrons. The first-order chi connectivity index (χ1) is 13.6. The van der Waals surface area contributed by atoms with Crippen LogP contribution in [0.3, 0.4) is 0 Å². The summed E-state index contributed by atoms with van der Waals surface area (Å²) in [5.41, 5.74) is 4.71. The zero-order chi connectivity index (χ0) is 19.8. The van der Waals surface area contributed by atoms with Gasteiger partial charge in [0.15, 0.2) is 0 Å². The van der Waals surface area contributed by atoms with Crippen molar-refractivity contribution in [2.45, 2.75) is 20.1 Å². The lowest BCUT2D eigenvalue weighted by Crippen LogP contribution is -2.29. The van der Waals surface area contributed by atoms with E-state index in [1.807, 2.05) is 54.6 Å². The number of aromatic nitrogens is 1. The van der Waals surface area contributed by atoms with Crippen molar-refractivity contribution in [1.82, 2.24) is 9.99 Å². The van der Waals surface area contributed by atoms with E-state index in [9.17, 15) is 9.59 Å². The van der Waals surface area contributed by atoms with Crippen LogP contribution in [0, 0.1) is 0 Å². The van der Waals surface area contributed by atoms with Gasteiger partial charge < -0.3 is 9.30 Å². The lowest BCUT2D eigenvalue weighted by Gasteiger charge is -2.11. The maximum absolute atomic E-state index is 12.1. The summed E-state index contributed by atoms with van der Waals surface area (Å²) in [5, 5.41) is 4.16. The Morgan fingerprint density at radius 1 is 1.00 bits per heavy atom. The number of hydrazone groups is 1. The molecule has 6 heteroatoms. The molecule has 0 spiro atoms. The van der Waals surface area contributed by atoms with Crippen molar-refractivity contribution in [2.24, 2.45) is 5.10 Å². The summed E-state index contributed by atoms with van der Waals surface area (Å²) in [4.78, 5) is 23.8. The number of carbonyl (C=O) groups is 1. The molecule has 0 atom stereocenters. The van der Waals surface area contributed by atoms with Gasteiger partial charge in [-0.25, -0.2) is 5.43 Å². The quantitative estimate of drug-likeness (QED) is 0.510. The maximum Gasteiger partial charge on any atom is 0.260 e. The number of carbonyl (C=O) groups excluding carboxylic acids is 1. The van der Waals surface area contributed by atoms with Crippen molar-refractivity contribution in [1.29, 1.82) is 0 Å². The number of ether oxygens (including phenoxy) is 1. The standard InChI is InChI=1S/C22H21N3O3/c1-17(23-24-21(26)15-25-14-8-7-13-22(25)27)19-11-5-6-12-20(19)28-16-18-9-3-2-4-10-18/h2-14H,15-16H2,1H3,(H,24,26)/b23-17-. The summed E-state index contributed by atoms with van der Waals surface area (Å²) >= 11 is 0. The van der Waals surface area contributed by atoms with Gasteiger partial charge in [0.1, 0.15) is 18.9 Å². The Morgan fingerprint density at radius 3 is 2.50 bits per heavy atom. The lowest BCUT2D eigenvalue weighted by molar-refractivity contribution is -0.121. The van der Waals surface area contributed by atoms with E-state index in [0.717, 1.165) is 11.1 Å². The van der Waals surface area contributed by atoms with Crippen LogP contribution in [0.1, 0.15) is 18.1 Å². The second-order valence-corrected chi connectivity index (χ2v) is 6.17. The Hall–Kier alpha value is -3.67. The van der Waals surface area contributed by atoms with Crippen LogP contribution in [0.5, 0.6) is 5.75 Å². The molecule has 0 saturated carbocycles. The summed E-state index contributed by atoms with van der Waals surface area (Å²) < 4.78 is 7.24. The number of amides is 1. The highest BCUT2D eigenvalue weighted by Gasteiger charge is 2.08. The molecule has 0 fully saturated rings. The normalized spacial score (nSPS) is 11.1. The molecule has 1 heterocycles. The highest BCUT2D eigenvalue weighted by atomic mass is 16.5. The predicted molar refractivity (Wildman–Crippen MR) is 108 cm³/mol. The maximum atomic E-state index is 12.1. The second-order valence-electron chi connectivity index (χ2n) is 6.17. The van der Waals surface area contributed by atoms with Crippen molar-refractivity contribution in [3.63, 3.8) is 0 Å². The van der Waals surface area contributed by atoms with Gasteiger partial charge in [0, 0.05) is 17.8 Å². The van der Waals surface area contributed by atoms with Gasteiger partial charge in [-0.1, -0.05) is 48.5 Å². The lowest BCUT2D eigenvalue weighted by atomic mass is 10.1. The van der Waals surface area contributed by atoms with Crippen molar-refractivity contribution in [3.05, 3.63) is 100 Å². The molecule has 1 aromatic heterocycles. The molecule has 142 valence electrons. The van der Waals surface area contributed by atoms with Crippen molar-refractivity contribution in [2.75, 3.05) is 0 Å². The zero-order valence-corrected chi connectivity index (χ0v) is 15.5. The summed E-state index contributed by atoms with van der Waals surface area (Å²) in [7, 11) is 0. The monoisotopic (exact) mass is 375 g/mol. The molecule has 0 aliphatic carbocycles. The van der Waals surface area contributed by atoms with Crippen LogP contribution < -0.4 is 15.7 Å². The number of hydrogen-bond donors (Lipinski definition) is 1. The second kappa shape index (κ2) is 9.32. The molecule has 0 bridgehead atoms. The molecule has 2 aromatic carbocycles. The highest BCUT2D eigenvalue weighted by Crippen LogP contribution is 2.20. The van der Waals surface area contributed by atoms with Gasteiger partial charge >= 0.3 is 0 Å². The molecule has 6 nitrogen and oxygen atoms in total. The van der Waals surface area contributed by atoms with E-state index < -0.39 is 0 Å². The van der Waals surface area contributed by atoms with Crippen LogP contribution in [0.2, 0.25) is 0 Å². The largest absolute Gasteiger partial charge is 0.488 e. The summed E-state index contributed by atoms with van der Waals surface area (Å²) in [6.07, 6.45) is 1.56. The first kappa shape index (κ1) is 19.1. The minimum atomic E-state index is -0.379. The third-order valence-electron chi connectivity index (χ3n) is 4.08. The Labute approximate surface area is 163 Å². The predicted octanol–water partition coefficient (Wildman–Crippen LogP) is 2.97. The first-order valence-corrected chi connectivity index (χ1v) is 8.88. The van der Waals surface area contributed by atoms with Gasteiger partial charge in [-0.2, -0.15) is 5.10 Å². The van der Waals surface area contributed by atoms with E-state index in [1.165, 1.54) is 10.6 Å². The molecule has 1 amide bonds. The van der Waals surface area contributed by atoms with Crippen LogP contribution in [0.4, 0.5) is 0 Å². The third-order valence-corrected chi connectivity index (χ3v) is 4.08.